The third kappa shape index (κ3) is 4.15. The van der Waals surface area contributed by atoms with E-state index in [1.54, 1.807) is 6.07 Å². The summed E-state index contributed by atoms with van der Waals surface area (Å²) in [6, 6.07) is 4.73. The summed E-state index contributed by atoms with van der Waals surface area (Å²) in [4.78, 5) is 14.2. The molecule has 1 fully saturated rings. The maximum Gasteiger partial charge on any atom is 0.238 e. The highest BCUT2D eigenvalue weighted by atomic mass is 35.5. The van der Waals surface area contributed by atoms with Crippen molar-refractivity contribution in [3.05, 3.63) is 29.0 Å². The molecular formula is C15H21ClFN3O. The van der Waals surface area contributed by atoms with E-state index in [4.69, 9.17) is 17.3 Å². The zero-order valence-corrected chi connectivity index (χ0v) is 12.9. The summed E-state index contributed by atoms with van der Waals surface area (Å²) in [6.07, 6.45) is 3.19. The van der Waals surface area contributed by atoms with Crippen LogP contribution in [0.25, 0.3) is 0 Å². The molecule has 21 heavy (non-hydrogen) atoms. The first-order chi connectivity index (χ1) is 10.0. The van der Waals surface area contributed by atoms with Crippen molar-refractivity contribution >= 4 is 23.2 Å². The van der Waals surface area contributed by atoms with E-state index in [1.807, 2.05) is 0 Å². The number of nitrogens with zero attached hydrogens (tertiary/aromatic N) is 1. The number of amides is 1. The van der Waals surface area contributed by atoms with Gasteiger partial charge in [0, 0.05) is 23.7 Å². The molecule has 1 aromatic rings. The van der Waals surface area contributed by atoms with Crippen molar-refractivity contribution in [2.75, 3.05) is 18.4 Å². The number of piperidine rings is 1. The van der Waals surface area contributed by atoms with Gasteiger partial charge in [0.1, 0.15) is 5.82 Å². The Labute approximate surface area is 129 Å². The second-order valence-corrected chi connectivity index (χ2v) is 5.95. The molecular weight excluding hydrogens is 293 g/mol. The van der Waals surface area contributed by atoms with Crippen LogP contribution in [0, 0.1) is 5.82 Å². The Balaban J connectivity index is 2.00. The molecule has 6 heteroatoms. The van der Waals surface area contributed by atoms with Gasteiger partial charge in [-0.3, -0.25) is 9.69 Å². The quantitative estimate of drug-likeness (QED) is 0.898. The maximum absolute atomic E-state index is 13.7. The van der Waals surface area contributed by atoms with E-state index in [0.717, 1.165) is 19.3 Å². The van der Waals surface area contributed by atoms with Crippen LogP contribution in [0.3, 0.4) is 0 Å². The molecule has 1 amide bonds. The predicted molar refractivity (Wildman–Crippen MR) is 82.9 cm³/mol. The molecule has 0 aromatic heterocycles. The summed E-state index contributed by atoms with van der Waals surface area (Å²) in [5.41, 5.74) is 5.93. The number of carbonyl (C=O) groups is 1. The van der Waals surface area contributed by atoms with Crippen LogP contribution in [0.2, 0.25) is 5.02 Å². The minimum Gasteiger partial charge on any atom is -0.329 e. The SMILES string of the molecule is CC1CCCC(CN)N1CC(=O)Nc1ccc(Cl)cc1F. The van der Waals surface area contributed by atoms with Gasteiger partial charge in [0.2, 0.25) is 5.91 Å². The van der Waals surface area contributed by atoms with Gasteiger partial charge in [0.05, 0.1) is 12.2 Å². The molecule has 0 radical (unpaired) electrons. The topological polar surface area (TPSA) is 58.4 Å². The van der Waals surface area contributed by atoms with Crippen molar-refractivity contribution < 1.29 is 9.18 Å². The largest absolute Gasteiger partial charge is 0.329 e. The molecule has 1 heterocycles. The Kier molecular flexibility index (Phi) is 5.56. The van der Waals surface area contributed by atoms with Crippen molar-refractivity contribution in [3.8, 4) is 0 Å². The first-order valence-electron chi connectivity index (χ1n) is 7.22. The lowest BCUT2D eigenvalue weighted by molar-refractivity contribution is -0.119. The van der Waals surface area contributed by atoms with E-state index in [0.29, 0.717) is 17.6 Å². The van der Waals surface area contributed by atoms with Crippen LogP contribution in [0.5, 0.6) is 0 Å². The predicted octanol–water partition coefficient (Wildman–Crippen LogP) is 2.62. The highest BCUT2D eigenvalue weighted by molar-refractivity contribution is 6.30. The summed E-state index contributed by atoms with van der Waals surface area (Å²) in [5, 5.41) is 2.90. The molecule has 1 aliphatic heterocycles. The Morgan fingerprint density at radius 2 is 2.29 bits per heavy atom. The maximum atomic E-state index is 13.7. The fourth-order valence-corrected chi connectivity index (χ4v) is 2.98. The Morgan fingerprint density at radius 3 is 2.95 bits per heavy atom. The number of nitrogens with two attached hydrogens (primary N) is 1. The third-order valence-corrected chi connectivity index (χ3v) is 4.23. The summed E-state index contributed by atoms with van der Waals surface area (Å²) >= 11 is 5.69. The van der Waals surface area contributed by atoms with Gasteiger partial charge >= 0.3 is 0 Å². The monoisotopic (exact) mass is 313 g/mol. The van der Waals surface area contributed by atoms with Crippen LogP contribution in [-0.4, -0.2) is 36.0 Å². The molecule has 0 spiro atoms. The minimum atomic E-state index is -0.530. The van der Waals surface area contributed by atoms with Crippen LogP contribution < -0.4 is 11.1 Å². The highest BCUT2D eigenvalue weighted by Crippen LogP contribution is 2.23. The molecule has 1 saturated heterocycles. The standard InChI is InChI=1S/C15H21ClFN3O/c1-10-3-2-4-12(8-18)20(10)9-15(21)19-14-6-5-11(16)7-13(14)17/h5-7,10,12H,2-4,8-9,18H2,1H3,(H,19,21). The van der Waals surface area contributed by atoms with Gasteiger partial charge < -0.3 is 11.1 Å². The second kappa shape index (κ2) is 7.20. The van der Waals surface area contributed by atoms with Crippen LogP contribution >= 0.6 is 11.6 Å². The normalized spacial score (nSPS) is 23.0. The molecule has 0 bridgehead atoms. The van der Waals surface area contributed by atoms with E-state index in [9.17, 15) is 9.18 Å². The highest BCUT2D eigenvalue weighted by Gasteiger charge is 2.28. The molecule has 116 valence electrons. The molecule has 0 aliphatic carbocycles. The molecule has 3 N–H and O–H groups in total. The van der Waals surface area contributed by atoms with Crippen molar-refractivity contribution in [3.63, 3.8) is 0 Å². The van der Waals surface area contributed by atoms with Gasteiger partial charge in [-0.25, -0.2) is 4.39 Å². The number of rotatable bonds is 4. The molecule has 1 aliphatic rings. The second-order valence-electron chi connectivity index (χ2n) is 5.51. The van der Waals surface area contributed by atoms with Crippen LogP contribution in [0.4, 0.5) is 10.1 Å². The van der Waals surface area contributed by atoms with Crippen molar-refractivity contribution in [1.29, 1.82) is 0 Å². The number of nitrogens with one attached hydrogen (secondary N) is 1. The average Bonchev–Trinajstić information content (AvgIpc) is 2.44. The number of carbonyl (C=O) groups excluding carboxylic acids is 1. The molecule has 1 aromatic carbocycles. The summed E-state index contributed by atoms with van der Waals surface area (Å²) in [6.45, 7) is 2.86. The molecule has 0 saturated carbocycles. The number of halogens is 2. The number of likely N-dealkylation sites (tertiary alicyclic amines) is 1. The van der Waals surface area contributed by atoms with Crippen molar-refractivity contribution in [2.45, 2.75) is 38.3 Å². The Bertz CT molecular complexity index is 512. The number of anilines is 1. The molecule has 4 nitrogen and oxygen atoms in total. The lowest BCUT2D eigenvalue weighted by Gasteiger charge is -2.39. The summed E-state index contributed by atoms with van der Waals surface area (Å²) in [5.74, 6) is -0.763. The molecule has 2 atom stereocenters. The average molecular weight is 314 g/mol. The lowest BCUT2D eigenvalue weighted by atomic mass is 9.96. The fraction of sp³-hybridized carbons (Fsp3) is 0.533. The first kappa shape index (κ1) is 16.2. The molecule has 2 unspecified atom stereocenters. The third-order valence-electron chi connectivity index (χ3n) is 4.00. The van der Waals surface area contributed by atoms with Gasteiger partial charge in [-0.1, -0.05) is 18.0 Å². The van der Waals surface area contributed by atoms with Gasteiger partial charge in [-0.05, 0) is 38.0 Å². The zero-order valence-electron chi connectivity index (χ0n) is 12.1. The zero-order chi connectivity index (χ0) is 15.4. The number of hydrogen-bond acceptors (Lipinski definition) is 3. The molecule has 2 rings (SSSR count). The smallest absolute Gasteiger partial charge is 0.238 e. The van der Waals surface area contributed by atoms with E-state index in [1.165, 1.54) is 12.1 Å². The van der Waals surface area contributed by atoms with Gasteiger partial charge in [0.25, 0.3) is 0 Å². The Hall–Kier alpha value is -1.17. The number of hydrogen-bond donors (Lipinski definition) is 2. The minimum absolute atomic E-state index is 0.151. The van der Waals surface area contributed by atoms with E-state index < -0.39 is 5.82 Å². The van der Waals surface area contributed by atoms with Gasteiger partial charge in [-0.2, -0.15) is 0 Å². The first-order valence-corrected chi connectivity index (χ1v) is 7.59. The van der Waals surface area contributed by atoms with E-state index >= 15 is 0 Å². The number of benzene rings is 1. The Morgan fingerprint density at radius 1 is 1.52 bits per heavy atom. The van der Waals surface area contributed by atoms with Gasteiger partial charge in [-0.15, -0.1) is 0 Å². The van der Waals surface area contributed by atoms with Crippen LogP contribution in [-0.2, 0) is 4.79 Å². The fourth-order valence-electron chi connectivity index (χ4n) is 2.83. The van der Waals surface area contributed by atoms with Crippen molar-refractivity contribution in [2.24, 2.45) is 5.73 Å². The van der Waals surface area contributed by atoms with Gasteiger partial charge in [0.15, 0.2) is 0 Å². The van der Waals surface area contributed by atoms with Crippen molar-refractivity contribution in [1.82, 2.24) is 4.90 Å². The lowest BCUT2D eigenvalue weighted by Crippen LogP contribution is -2.51. The van der Waals surface area contributed by atoms with E-state index in [2.05, 4.69) is 17.1 Å². The van der Waals surface area contributed by atoms with Crippen LogP contribution in [0.1, 0.15) is 26.2 Å². The summed E-state index contributed by atoms with van der Waals surface area (Å²) in [7, 11) is 0. The van der Waals surface area contributed by atoms with Crippen LogP contribution in [0.15, 0.2) is 18.2 Å². The summed E-state index contributed by atoms with van der Waals surface area (Å²) < 4.78 is 13.7. The van der Waals surface area contributed by atoms with E-state index in [-0.39, 0.29) is 24.2 Å².